The SMILES string of the molecule is COc1cccc(C(=O)N(C)CO)c1. The minimum absolute atomic E-state index is 0.230. The Balaban J connectivity index is 2.90. The van der Waals surface area contributed by atoms with Gasteiger partial charge in [-0.1, -0.05) is 6.07 Å². The van der Waals surface area contributed by atoms with Crippen molar-refractivity contribution in [3.8, 4) is 5.75 Å². The first-order chi connectivity index (χ1) is 6.69. The van der Waals surface area contributed by atoms with Gasteiger partial charge >= 0.3 is 0 Å². The molecule has 0 bridgehead atoms. The lowest BCUT2D eigenvalue weighted by Gasteiger charge is -2.13. The highest BCUT2D eigenvalue weighted by atomic mass is 16.5. The number of carbonyl (C=O) groups is 1. The Morgan fingerprint density at radius 3 is 2.86 bits per heavy atom. The number of amides is 1. The smallest absolute Gasteiger partial charge is 0.255 e. The topological polar surface area (TPSA) is 49.8 Å². The Morgan fingerprint density at radius 2 is 2.29 bits per heavy atom. The van der Waals surface area contributed by atoms with Crippen LogP contribution in [0.15, 0.2) is 24.3 Å². The maximum Gasteiger partial charge on any atom is 0.255 e. The number of aliphatic hydroxyl groups is 1. The van der Waals surface area contributed by atoms with Gasteiger partial charge in [0.15, 0.2) is 0 Å². The van der Waals surface area contributed by atoms with Crippen LogP contribution in [0.1, 0.15) is 10.4 Å². The molecule has 4 nitrogen and oxygen atoms in total. The van der Waals surface area contributed by atoms with Crippen LogP contribution in [0.4, 0.5) is 0 Å². The largest absolute Gasteiger partial charge is 0.497 e. The minimum atomic E-state index is -0.296. The van der Waals surface area contributed by atoms with E-state index < -0.39 is 0 Å². The Morgan fingerprint density at radius 1 is 1.57 bits per heavy atom. The number of hydrogen-bond donors (Lipinski definition) is 1. The van der Waals surface area contributed by atoms with E-state index in [9.17, 15) is 4.79 Å². The van der Waals surface area contributed by atoms with Crippen LogP contribution in [-0.2, 0) is 0 Å². The zero-order valence-electron chi connectivity index (χ0n) is 8.23. The number of aliphatic hydroxyl groups excluding tert-OH is 1. The molecular weight excluding hydrogens is 182 g/mol. The summed E-state index contributed by atoms with van der Waals surface area (Å²) in [6, 6.07) is 6.80. The Kier molecular flexibility index (Phi) is 3.48. The van der Waals surface area contributed by atoms with Gasteiger partial charge in [0.1, 0.15) is 12.5 Å². The summed E-state index contributed by atoms with van der Waals surface area (Å²) in [6.07, 6.45) is 0. The number of methoxy groups -OCH3 is 1. The zero-order valence-corrected chi connectivity index (χ0v) is 8.23. The van der Waals surface area contributed by atoms with E-state index >= 15 is 0 Å². The molecule has 1 aromatic carbocycles. The summed E-state index contributed by atoms with van der Waals surface area (Å²) in [6.45, 7) is -0.296. The van der Waals surface area contributed by atoms with Gasteiger partial charge in [0, 0.05) is 12.6 Å². The van der Waals surface area contributed by atoms with Crippen molar-refractivity contribution in [2.24, 2.45) is 0 Å². The molecule has 0 unspecified atom stereocenters. The van der Waals surface area contributed by atoms with E-state index in [4.69, 9.17) is 9.84 Å². The monoisotopic (exact) mass is 195 g/mol. The third-order valence-electron chi connectivity index (χ3n) is 1.88. The maximum absolute atomic E-state index is 11.6. The number of rotatable bonds is 3. The number of carbonyl (C=O) groups excluding carboxylic acids is 1. The Bertz CT molecular complexity index is 325. The summed E-state index contributed by atoms with van der Waals surface area (Å²) < 4.78 is 4.99. The number of benzene rings is 1. The van der Waals surface area contributed by atoms with Crippen LogP contribution < -0.4 is 4.74 Å². The average molecular weight is 195 g/mol. The molecule has 4 heteroatoms. The molecule has 0 aliphatic carbocycles. The highest BCUT2D eigenvalue weighted by molar-refractivity contribution is 5.94. The molecule has 0 heterocycles. The molecule has 1 N–H and O–H groups in total. The van der Waals surface area contributed by atoms with E-state index in [0.29, 0.717) is 11.3 Å². The van der Waals surface area contributed by atoms with E-state index in [-0.39, 0.29) is 12.6 Å². The van der Waals surface area contributed by atoms with E-state index in [1.807, 2.05) is 0 Å². The summed E-state index contributed by atoms with van der Waals surface area (Å²) in [5, 5.41) is 8.77. The second-order valence-corrected chi connectivity index (χ2v) is 2.88. The van der Waals surface area contributed by atoms with Crippen molar-refractivity contribution in [1.29, 1.82) is 0 Å². The first-order valence-electron chi connectivity index (χ1n) is 4.19. The van der Waals surface area contributed by atoms with Crippen LogP contribution in [0, 0.1) is 0 Å². The maximum atomic E-state index is 11.6. The molecule has 0 atom stereocenters. The predicted octanol–water partition coefficient (Wildman–Crippen LogP) is 0.717. The number of ether oxygens (including phenoxy) is 1. The molecule has 1 rings (SSSR count). The molecule has 0 saturated heterocycles. The molecule has 76 valence electrons. The van der Waals surface area contributed by atoms with E-state index in [2.05, 4.69) is 0 Å². The minimum Gasteiger partial charge on any atom is -0.497 e. The van der Waals surface area contributed by atoms with Crippen molar-refractivity contribution in [1.82, 2.24) is 4.90 Å². The molecule has 0 saturated carbocycles. The highest BCUT2D eigenvalue weighted by Crippen LogP contribution is 2.13. The summed E-state index contributed by atoms with van der Waals surface area (Å²) >= 11 is 0. The lowest BCUT2D eigenvalue weighted by Crippen LogP contribution is -2.27. The lowest BCUT2D eigenvalue weighted by atomic mass is 10.2. The van der Waals surface area contributed by atoms with Gasteiger partial charge in [0.2, 0.25) is 0 Å². The van der Waals surface area contributed by atoms with Crippen molar-refractivity contribution in [2.75, 3.05) is 20.9 Å². The van der Waals surface area contributed by atoms with Gasteiger partial charge in [0.25, 0.3) is 5.91 Å². The van der Waals surface area contributed by atoms with E-state index in [1.165, 1.54) is 11.9 Å². The van der Waals surface area contributed by atoms with Crippen molar-refractivity contribution >= 4 is 5.91 Å². The zero-order chi connectivity index (χ0) is 10.6. The van der Waals surface area contributed by atoms with Crippen molar-refractivity contribution in [3.05, 3.63) is 29.8 Å². The van der Waals surface area contributed by atoms with Crippen LogP contribution in [-0.4, -0.2) is 36.8 Å². The molecule has 0 aromatic heterocycles. The van der Waals surface area contributed by atoms with Gasteiger partial charge in [-0.15, -0.1) is 0 Å². The molecule has 0 spiro atoms. The van der Waals surface area contributed by atoms with Crippen LogP contribution in [0.5, 0.6) is 5.75 Å². The van der Waals surface area contributed by atoms with Crippen LogP contribution in [0.25, 0.3) is 0 Å². The number of hydrogen-bond acceptors (Lipinski definition) is 3. The van der Waals surface area contributed by atoms with Crippen molar-refractivity contribution in [2.45, 2.75) is 0 Å². The van der Waals surface area contributed by atoms with Crippen LogP contribution in [0.2, 0.25) is 0 Å². The van der Waals surface area contributed by atoms with Gasteiger partial charge in [-0.3, -0.25) is 4.79 Å². The van der Waals surface area contributed by atoms with Gasteiger partial charge < -0.3 is 14.7 Å². The molecule has 0 aliphatic heterocycles. The first-order valence-corrected chi connectivity index (χ1v) is 4.19. The third kappa shape index (κ3) is 2.23. The van der Waals surface area contributed by atoms with Gasteiger partial charge in [-0.05, 0) is 18.2 Å². The molecule has 1 aromatic rings. The highest BCUT2D eigenvalue weighted by Gasteiger charge is 2.10. The fourth-order valence-corrected chi connectivity index (χ4v) is 1.04. The van der Waals surface area contributed by atoms with Gasteiger partial charge in [-0.25, -0.2) is 0 Å². The molecule has 0 radical (unpaired) electrons. The van der Waals surface area contributed by atoms with E-state index in [1.54, 1.807) is 31.4 Å². The van der Waals surface area contributed by atoms with E-state index in [0.717, 1.165) is 0 Å². The van der Waals surface area contributed by atoms with Crippen LogP contribution >= 0.6 is 0 Å². The lowest BCUT2D eigenvalue weighted by molar-refractivity contribution is 0.0629. The summed E-state index contributed by atoms with van der Waals surface area (Å²) in [5.74, 6) is 0.397. The summed E-state index contributed by atoms with van der Waals surface area (Å²) in [5.41, 5.74) is 0.501. The second kappa shape index (κ2) is 4.62. The molecular formula is C10H13NO3. The molecule has 0 fully saturated rings. The molecule has 1 amide bonds. The number of nitrogens with zero attached hydrogens (tertiary/aromatic N) is 1. The predicted molar refractivity (Wildman–Crippen MR) is 52.2 cm³/mol. The van der Waals surface area contributed by atoms with Crippen molar-refractivity contribution < 1.29 is 14.6 Å². The summed E-state index contributed by atoms with van der Waals surface area (Å²) in [4.78, 5) is 12.8. The first kappa shape index (κ1) is 10.5. The summed E-state index contributed by atoms with van der Waals surface area (Å²) in [7, 11) is 3.07. The average Bonchev–Trinajstić information content (AvgIpc) is 2.27. The quantitative estimate of drug-likeness (QED) is 0.723. The second-order valence-electron chi connectivity index (χ2n) is 2.88. The molecule has 0 aliphatic rings. The Hall–Kier alpha value is -1.55. The third-order valence-corrected chi connectivity index (χ3v) is 1.88. The standard InChI is InChI=1S/C10H13NO3/c1-11(7-12)10(13)8-4-3-5-9(6-8)14-2/h3-6,12H,7H2,1-2H3. The van der Waals surface area contributed by atoms with Gasteiger partial charge in [-0.2, -0.15) is 0 Å². The van der Waals surface area contributed by atoms with Gasteiger partial charge in [0.05, 0.1) is 7.11 Å². The fraction of sp³-hybridized carbons (Fsp3) is 0.300. The normalized spacial score (nSPS) is 9.64. The Labute approximate surface area is 82.7 Å². The van der Waals surface area contributed by atoms with Crippen LogP contribution in [0.3, 0.4) is 0 Å². The molecule has 14 heavy (non-hydrogen) atoms. The fourth-order valence-electron chi connectivity index (χ4n) is 1.04. The van der Waals surface area contributed by atoms with Crippen molar-refractivity contribution in [3.63, 3.8) is 0 Å².